The summed E-state index contributed by atoms with van der Waals surface area (Å²) in [7, 11) is 1.71. The van der Waals surface area contributed by atoms with Crippen molar-refractivity contribution in [2.75, 3.05) is 7.11 Å². The van der Waals surface area contributed by atoms with Crippen molar-refractivity contribution in [3.05, 3.63) is 156 Å². The minimum atomic E-state index is -2.21. The highest BCUT2D eigenvalue weighted by molar-refractivity contribution is 7.55. The van der Waals surface area contributed by atoms with Crippen LogP contribution in [0.3, 0.4) is 0 Å². The minimum Gasteiger partial charge on any atom is -0.496 e. The zero-order valence-corrected chi connectivity index (χ0v) is 26.4. The topological polar surface area (TPSA) is 27.1 Å². The van der Waals surface area contributed by atoms with E-state index < -0.39 is 41.2 Å². The van der Waals surface area contributed by atoms with Crippen LogP contribution in [0.1, 0.15) is 5.56 Å². The van der Waals surface area contributed by atoms with Gasteiger partial charge in [-0.1, -0.05) is 118 Å². The van der Waals surface area contributed by atoms with Crippen LogP contribution in [-0.2, 0) is 6.54 Å². The van der Waals surface area contributed by atoms with Crippen molar-refractivity contribution in [3.8, 4) is 39.7 Å². The summed E-state index contributed by atoms with van der Waals surface area (Å²) in [6.45, 7) is -0.695. The normalized spacial score (nSPS) is 11.5. The predicted molar refractivity (Wildman–Crippen MR) is 182 cm³/mol. The molecule has 9 heteroatoms. The molecule has 0 N–H and O–H groups in total. The van der Waals surface area contributed by atoms with Crippen molar-refractivity contribution >= 4 is 30.0 Å². The van der Waals surface area contributed by atoms with E-state index in [1.54, 1.807) is 11.7 Å². The lowest BCUT2D eigenvalue weighted by atomic mass is 10.0. The second kappa shape index (κ2) is 13.1. The van der Waals surface area contributed by atoms with Crippen molar-refractivity contribution in [2.45, 2.75) is 6.54 Å². The monoisotopic (exact) mass is 664 g/mol. The van der Waals surface area contributed by atoms with Gasteiger partial charge in [-0.2, -0.15) is 0 Å². The van der Waals surface area contributed by atoms with Gasteiger partial charge in [-0.05, 0) is 28.1 Å². The molecule has 3 nitrogen and oxygen atoms in total. The summed E-state index contributed by atoms with van der Waals surface area (Å²) in [6.07, 6.45) is 0. The Kier molecular flexibility index (Phi) is 8.50. The molecule has 0 bridgehead atoms. The Morgan fingerprint density at radius 1 is 0.604 bits per heavy atom. The van der Waals surface area contributed by atoms with E-state index in [-0.39, 0.29) is 8.58 Å². The van der Waals surface area contributed by atoms with E-state index in [0.29, 0.717) is 39.7 Å². The average Bonchev–Trinajstić information content (AvgIpc) is 3.51. The number of hydrogen-bond donors (Lipinski definition) is 0. The molecule has 6 aromatic carbocycles. The van der Waals surface area contributed by atoms with Crippen LogP contribution in [-0.4, -0.2) is 16.7 Å². The average molecular weight is 665 g/mol. The Hall–Kier alpha value is -5.33. The third-order valence-electron chi connectivity index (χ3n) is 8.20. The first kappa shape index (κ1) is 31.3. The van der Waals surface area contributed by atoms with Crippen LogP contribution in [0.15, 0.2) is 121 Å². The number of imidazole rings is 1. The third-order valence-corrected chi connectivity index (χ3v) is 9.50. The Morgan fingerprint density at radius 2 is 1.19 bits per heavy atom. The lowest BCUT2D eigenvalue weighted by Gasteiger charge is -2.19. The predicted octanol–water partition coefficient (Wildman–Crippen LogP) is 9.42. The van der Waals surface area contributed by atoms with Crippen molar-refractivity contribution in [1.29, 1.82) is 0 Å². The lowest BCUT2D eigenvalue weighted by molar-refractivity contribution is 0.368. The van der Waals surface area contributed by atoms with Crippen LogP contribution in [0.25, 0.3) is 44.7 Å². The quantitative estimate of drug-likeness (QED) is 0.0701. The third kappa shape index (κ3) is 5.52. The molecular formula is C39H26F5N2OP. The molecule has 0 amide bonds. The molecule has 0 radical (unpaired) electrons. The van der Waals surface area contributed by atoms with Gasteiger partial charge in [0.1, 0.15) is 11.6 Å². The van der Waals surface area contributed by atoms with Gasteiger partial charge >= 0.3 is 0 Å². The Morgan fingerprint density at radius 3 is 1.81 bits per heavy atom. The maximum Gasteiger partial charge on any atom is 0.200 e. The van der Waals surface area contributed by atoms with Crippen molar-refractivity contribution < 1.29 is 26.7 Å². The SMILES string of the molecule is COc1cccc2c(-c3nc(-c4ccccc4)c(-c4ccccc4)n3Cc3c(F)c(F)c(F)c(F)c3F)c(Pc3ccccc3)ccc12. The van der Waals surface area contributed by atoms with Crippen LogP contribution < -0.4 is 15.3 Å². The summed E-state index contributed by atoms with van der Waals surface area (Å²) in [6, 6.07) is 37.7. The molecule has 0 fully saturated rings. The molecule has 0 spiro atoms. The van der Waals surface area contributed by atoms with Gasteiger partial charge in [0.15, 0.2) is 23.3 Å². The van der Waals surface area contributed by atoms with Crippen LogP contribution >= 0.6 is 8.58 Å². The Balaban J connectivity index is 1.62. The number of halogens is 5. The molecule has 1 atom stereocenters. The molecule has 48 heavy (non-hydrogen) atoms. The van der Waals surface area contributed by atoms with Crippen LogP contribution in [0.4, 0.5) is 22.0 Å². The number of hydrogen-bond acceptors (Lipinski definition) is 2. The van der Waals surface area contributed by atoms with E-state index >= 15 is 8.78 Å². The number of methoxy groups -OCH3 is 1. The highest BCUT2D eigenvalue weighted by Crippen LogP contribution is 2.41. The summed E-state index contributed by atoms with van der Waals surface area (Å²) >= 11 is 0. The van der Waals surface area contributed by atoms with E-state index in [9.17, 15) is 13.2 Å². The van der Waals surface area contributed by atoms with Crippen molar-refractivity contribution in [3.63, 3.8) is 0 Å². The van der Waals surface area contributed by atoms with Gasteiger partial charge in [-0.15, -0.1) is 0 Å². The second-order valence-electron chi connectivity index (χ2n) is 11.0. The van der Waals surface area contributed by atoms with E-state index in [1.807, 2.05) is 121 Å². The fourth-order valence-electron chi connectivity index (χ4n) is 5.96. The van der Waals surface area contributed by atoms with Gasteiger partial charge in [0.25, 0.3) is 0 Å². The summed E-state index contributed by atoms with van der Waals surface area (Å²) < 4.78 is 81.6. The first-order valence-corrected chi connectivity index (χ1v) is 16.0. The molecule has 0 aliphatic carbocycles. The first-order valence-electron chi connectivity index (χ1n) is 15.0. The van der Waals surface area contributed by atoms with Crippen molar-refractivity contribution in [1.82, 2.24) is 9.55 Å². The molecule has 1 heterocycles. The lowest BCUT2D eigenvalue weighted by Crippen LogP contribution is -2.15. The van der Waals surface area contributed by atoms with Gasteiger partial charge in [0, 0.05) is 27.6 Å². The molecule has 7 rings (SSSR count). The number of aromatic nitrogens is 2. The van der Waals surface area contributed by atoms with Gasteiger partial charge in [-0.25, -0.2) is 26.9 Å². The molecule has 0 saturated heterocycles. The van der Waals surface area contributed by atoms with Crippen molar-refractivity contribution in [2.24, 2.45) is 0 Å². The van der Waals surface area contributed by atoms with E-state index in [2.05, 4.69) is 0 Å². The summed E-state index contributed by atoms with van der Waals surface area (Å²) in [5.41, 5.74) is 1.97. The van der Waals surface area contributed by atoms with Gasteiger partial charge in [0.2, 0.25) is 5.82 Å². The molecule has 1 unspecified atom stereocenters. The summed E-state index contributed by atoms with van der Waals surface area (Å²) in [5.74, 6) is -9.09. The fraction of sp³-hybridized carbons (Fsp3) is 0.0513. The van der Waals surface area contributed by atoms with E-state index in [0.717, 1.165) is 21.4 Å². The van der Waals surface area contributed by atoms with Gasteiger partial charge in [0.05, 0.1) is 25.0 Å². The molecule has 1 aromatic heterocycles. The number of benzene rings is 6. The summed E-state index contributed by atoms with van der Waals surface area (Å²) in [4.78, 5) is 5.17. The minimum absolute atomic E-state index is 0.143. The van der Waals surface area contributed by atoms with Crippen LogP contribution in [0, 0.1) is 29.1 Å². The highest BCUT2D eigenvalue weighted by atomic mass is 31.1. The van der Waals surface area contributed by atoms with E-state index in [1.165, 1.54) is 0 Å². The fourth-order valence-corrected chi connectivity index (χ4v) is 7.17. The zero-order valence-electron chi connectivity index (χ0n) is 25.4. The Bertz CT molecular complexity index is 2250. The smallest absolute Gasteiger partial charge is 0.200 e. The maximum atomic E-state index is 15.4. The second-order valence-corrected chi connectivity index (χ2v) is 12.4. The molecule has 0 saturated carbocycles. The molecule has 238 valence electrons. The first-order chi connectivity index (χ1) is 23.4. The maximum absolute atomic E-state index is 15.4. The van der Waals surface area contributed by atoms with Crippen LogP contribution in [0.5, 0.6) is 5.75 Å². The largest absolute Gasteiger partial charge is 0.496 e. The number of fused-ring (bicyclic) bond motifs is 1. The highest BCUT2D eigenvalue weighted by Gasteiger charge is 2.30. The van der Waals surface area contributed by atoms with Gasteiger partial charge in [-0.3, -0.25) is 0 Å². The Labute approximate surface area is 275 Å². The molecular weight excluding hydrogens is 638 g/mol. The number of rotatable bonds is 8. The number of nitrogens with zero attached hydrogens (tertiary/aromatic N) is 2. The van der Waals surface area contributed by atoms with E-state index in [4.69, 9.17) is 9.72 Å². The number of ether oxygens (including phenoxy) is 1. The zero-order chi connectivity index (χ0) is 33.4. The van der Waals surface area contributed by atoms with Crippen LogP contribution in [0.2, 0.25) is 0 Å². The standard InChI is InChI=1S/C39H26F5N2OP/c1-47-29-19-11-18-27-26(29)20-21-30(48-25-16-9-4-10-17-25)31(27)39-45-37(23-12-5-2-6-13-23)38(24-14-7-3-8-15-24)46(39)22-28-32(40)34(42)36(44)35(43)33(28)41/h2-21,48H,22H2,1H3. The summed E-state index contributed by atoms with van der Waals surface area (Å²) in [5, 5.41) is 3.42. The van der Waals surface area contributed by atoms with Gasteiger partial charge < -0.3 is 9.30 Å². The molecule has 7 aromatic rings. The molecule has 0 aliphatic heterocycles. The molecule has 0 aliphatic rings.